The molecule has 2 aromatic carbocycles. The molecule has 3 aliphatic rings. The number of hydrogen-bond acceptors (Lipinski definition) is 4. The Hall–Kier alpha value is -1.86. The van der Waals surface area contributed by atoms with Gasteiger partial charge < -0.3 is 14.9 Å². The van der Waals surface area contributed by atoms with Crippen LogP contribution in [0.1, 0.15) is 34.7 Å². The number of amides is 1. The van der Waals surface area contributed by atoms with E-state index >= 15 is 0 Å². The van der Waals surface area contributed by atoms with Crippen molar-refractivity contribution in [3.05, 3.63) is 63.4 Å². The fourth-order valence-corrected chi connectivity index (χ4v) is 5.66. The maximum absolute atomic E-state index is 13.5. The molecule has 5 nitrogen and oxygen atoms in total. The zero-order valence-corrected chi connectivity index (χ0v) is 19.2. The van der Waals surface area contributed by atoms with Gasteiger partial charge in [-0.25, -0.2) is 4.39 Å². The average molecular weight is 478 g/mol. The van der Waals surface area contributed by atoms with E-state index in [4.69, 9.17) is 23.2 Å². The second kappa shape index (κ2) is 8.82. The van der Waals surface area contributed by atoms with Crippen LogP contribution in [0.15, 0.2) is 36.4 Å². The normalized spacial score (nSPS) is 24.2. The van der Waals surface area contributed by atoms with E-state index in [-0.39, 0.29) is 22.9 Å². The fourth-order valence-electron chi connectivity index (χ4n) is 5.15. The topological polar surface area (TPSA) is 47.0 Å². The lowest BCUT2D eigenvalue weighted by molar-refractivity contribution is 0.0329. The molecule has 0 radical (unpaired) electrons. The Morgan fingerprint density at radius 3 is 2.59 bits per heavy atom. The first kappa shape index (κ1) is 22.0. The van der Waals surface area contributed by atoms with Gasteiger partial charge in [0.2, 0.25) is 0 Å². The number of piperazine rings is 1. The van der Waals surface area contributed by atoms with Crippen molar-refractivity contribution >= 4 is 34.8 Å². The molecule has 1 N–H and O–H groups in total. The molecule has 3 heterocycles. The number of rotatable bonds is 3. The highest BCUT2D eigenvalue weighted by molar-refractivity contribution is 6.36. The molecule has 3 fully saturated rings. The van der Waals surface area contributed by atoms with Crippen molar-refractivity contribution in [2.24, 2.45) is 0 Å². The number of aliphatic hydroxyl groups excluding tert-OH is 1. The molecule has 0 bridgehead atoms. The molecular weight excluding hydrogens is 452 g/mol. The van der Waals surface area contributed by atoms with E-state index in [1.54, 1.807) is 12.1 Å². The summed E-state index contributed by atoms with van der Waals surface area (Å²) in [6, 6.07) is 10.9. The summed E-state index contributed by atoms with van der Waals surface area (Å²) < 4.78 is 13.5. The van der Waals surface area contributed by atoms with Gasteiger partial charge in [0, 0.05) is 45.3 Å². The lowest BCUT2D eigenvalue weighted by Gasteiger charge is -2.46. The van der Waals surface area contributed by atoms with Crippen LogP contribution in [-0.2, 0) is 0 Å². The number of piperidine rings is 1. The van der Waals surface area contributed by atoms with Crippen LogP contribution < -0.4 is 4.90 Å². The van der Waals surface area contributed by atoms with Crippen molar-refractivity contribution < 1.29 is 14.3 Å². The number of benzene rings is 2. The third kappa shape index (κ3) is 4.10. The lowest BCUT2D eigenvalue weighted by atomic mass is 9.86. The van der Waals surface area contributed by atoms with Gasteiger partial charge >= 0.3 is 0 Å². The second-order valence-corrected chi connectivity index (χ2v) is 9.83. The fraction of sp³-hybridized carbons (Fsp3) is 0.458. The summed E-state index contributed by atoms with van der Waals surface area (Å²) in [6.07, 6.45) is 1.63. The molecule has 0 aliphatic carbocycles. The van der Waals surface area contributed by atoms with Crippen LogP contribution in [0.5, 0.6) is 0 Å². The Kier molecular flexibility index (Phi) is 6.05. The van der Waals surface area contributed by atoms with E-state index in [0.29, 0.717) is 48.7 Å². The van der Waals surface area contributed by atoms with E-state index in [9.17, 15) is 14.3 Å². The molecular formula is C24H26Cl2FN3O2. The van der Waals surface area contributed by atoms with Crippen LogP contribution in [0.2, 0.25) is 10.0 Å². The van der Waals surface area contributed by atoms with E-state index in [0.717, 1.165) is 37.2 Å². The van der Waals surface area contributed by atoms with Crippen LogP contribution in [0.3, 0.4) is 0 Å². The first-order chi connectivity index (χ1) is 15.4. The number of aliphatic hydroxyl groups is 1. The summed E-state index contributed by atoms with van der Waals surface area (Å²) in [5, 5.41) is 10.2. The number of halogens is 3. The Morgan fingerprint density at radius 2 is 1.84 bits per heavy atom. The molecule has 3 saturated heterocycles. The number of anilines is 1. The van der Waals surface area contributed by atoms with Gasteiger partial charge in [-0.2, -0.15) is 0 Å². The maximum atomic E-state index is 13.5. The Balaban J connectivity index is 1.25. The number of carbonyl (C=O) groups is 1. The van der Waals surface area contributed by atoms with E-state index in [2.05, 4.69) is 4.90 Å². The van der Waals surface area contributed by atoms with Gasteiger partial charge in [-0.05, 0) is 48.6 Å². The smallest absolute Gasteiger partial charge is 0.255 e. The predicted octanol–water partition coefficient (Wildman–Crippen LogP) is 4.02. The third-order valence-electron chi connectivity index (χ3n) is 7.02. The predicted molar refractivity (Wildman–Crippen MR) is 124 cm³/mol. The molecule has 5 rings (SSSR count). The number of fused-ring (bicyclic) bond motifs is 1. The average Bonchev–Trinajstić information content (AvgIpc) is 2.78. The van der Waals surface area contributed by atoms with Gasteiger partial charge in [0.25, 0.3) is 5.91 Å². The van der Waals surface area contributed by atoms with Gasteiger partial charge in [-0.3, -0.25) is 9.69 Å². The van der Waals surface area contributed by atoms with Crippen LogP contribution in [-0.4, -0.2) is 72.2 Å². The summed E-state index contributed by atoms with van der Waals surface area (Å²) in [5.74, 6) is -0.0983. The minimum atomic E-state index is -0.385. The number of nitrogens with zero attached hydrogens (tertiary/aromatic N) is 3. The molecule has 0 unspecified atom stereocenters. The Morgan fingerprint density at radius 1 is 1.03 bits per heavy atom. The molecule has 0 spiro atoms. The molecule has 32 heavy (non-hydrogen) atoms. The first-order valence-electron chi connectivity index (χ1n) is 11.1. The van der Waals surface area contributed by atoms with Crippen LogP contribution in [0, 0.1) is 5.82 Å². The number of carbonyl (C=O) groups excluding carboxylic acids is 1. The molecule has 8 heteroatoms. The maximum Gasteiger partial charge on any atom is 0.255 e. The summed E-state index contributed by atoms with van der Waals surface area (Å²) in [5.41, 5.74) is 2.40. The minimum absolute atomic E-state index is 0.0370. The second-order valence-electron chi connectivity index (χ2n) is 9.05. The molecule has 0 aromatic heterocycles. The number of β-amino-alcohol motifs (C(OH)–C–C–N with tert-alkyl or cyclic N) is 1. The quantitative estimate of drug-likeness (QED) is 0.724. The van der Waals surface area contributed by atoms with Crippen molar-refractivity contribution in [1.82, 2.24) is 9.80 Å². The molecule has 1 amide bonds. The van der Waals surface area contributed by atoms with E-state index < -0.39 is 0 Å². The van der Waals surface area contributed by atoms with Crippen molar-refractivity contribution in [1.29, 1.82) is 0 Å². The molecule has 0 saturated carbocycles. The van der Waals surface area contributed by atoms with Gasteiger partial charge in [-0.1, -0.05) is 35.3 Å². The van der Waals surface area contributed by atoms with Gasteiger partial charge in [-0.15, -0.1) is 0 Å². The lowest BCUT2D eigenvalue weighted by Crippen LogP contribution is -2.57. The molecule has 3 aliphatic heterocycles. The highest BCUT2D eigenvalue weighted by Gasteiger charge is 2.36. The van der Waals surface area contributed by atoms with Crippen LogP contribution >= 0.6 is 23.2 Å². The van der Waals surface area contributed by atoms with Gasteiger partial charge in [0.15, 0.2) is 0 Å². The zero-order valence-electron chi connectivity index (χ0n) is 17.7. The Bertz CT molecular complexity index is 1030. The number of hydrogen-bond donors (Lipinski definition) is 1. The monoisotopic (exact) mass is 477 g/mol. The van der Waals surface area contributed by atoms with E-state index in [1.807, 2.05) is 28.0 Å². The highest BCUT2D eigenvalue weighted by atomic mass is 35.5. The Labute approximate surface area is 197 Å². The summed E-state index contributed by atoms with van der Waals surface area (Å²) in [4.78, 5) is 19.6. The molecule has 2 aromatic rings. The highest BCUT2D eigenvalue weighted by Crippen LogP contribution is 2.35. The summed E-state index contributed by atoms with van der Waals surface area (Å²) in [7, 11) is 0. The summed E-state index contributed by atoms with van der Waals surface area (Å²) >= 11 is 12.6. The van der Waals surface area contributed by atoms with Gasteiger partial charge in [0.05, 0.1) is 27.4 Å². The van der Waals surface area contributed by atoms with Gasteiger partial charge in [0.1, 0.15) is 5.82 Å². The van der Waals surface area contributed by atoms with Crippen molar-refractivity contribution in [3.63, 3.8) is 0 Å². The van der Waals surface area contributed by atoms with Crippen molar-refractivity contribution in [2.75, 3.05) is 44.2 Å². The van der Waals surface area contributed by atoms with Crippen LogP contribution in [0.25, 0.3) is 0 Å². The largest absolute Gasteiger partial charge is 0.389 e. The van der Waals surface area contributed by atoms with Crippen molar-refractivity contribution in [3.8, 4) is 0 Å². The standard InChI is InChI=1S/C24H26Cl2FN3O2/c25-20-10-15(5-7-21(20)27)16-4-6-17-12-29(9-8-28(17)11-16)24(32)19-2-1-3-22(23(19)26)30-13-18(31)14-30/h1-3,5,7,10,16-18,31H,4,6,8-9,11-14H2/t16-,17+/m0/s1. The summed E-state index contributed by atoms with van der Waals surface area (Å²) in [6.45, 7) is 4.10. The SMILES string of the molecule is O=C(c1cccc(N2CC(O)C2)c1Cl)N1CCN2C[C@@H](c3ccc(F)c(Cl)c3)CC[C@@H]2C1. The first-order valence-corrected chi connectivity index (χ1v) is 11.9. The van der Waals surface area contributed by atoms with Crippen molar-refractivity contribution in [2.45, 2.75) is 30.9 Å². The third-order valence-corrected chi connectivity index (χ3v) is 7.71. The molecule has 2 atom stereocenters. The molecule has 170 valence electrons. The van der Waals surface area contributed by atoms with E-state index in [1.165, 1.54) is 6.07 Å². The zero-order chi connectivity index (χ0) is 22.4. The van der Waals surface area contributed by atoms with Crippen LogP contribution in [0.4, 0.5) is 10.1 Å². The minimum Gasteiger partial charge on any atom is -0.389 e.